The Morgan fingerprint density at radius 3 is 1.79 bits per heavy atom. The molecular formula is C20H17N3O4S2. The highest BCUT2D eigenvalue weighted by molar-refractivity contribution is 8.10. The number of imidazole rings is 1. The lowest BCUT2D eigenvalue weighted by atomic mass is 10.3. The molecule has 1 heterocycles. The average molecular weight is 428 g/mol. The molecule has 3 aromatic carbocycles. The Labute approximate surface area is 168 Å². The number of aryl methyl sites for hydroxylation is 1. The zero-order chi connectivity index (χ0) is 20.6. The number of benzene rings is 3. The van der Waals surface area contributed by atoms with E-state index in [9.17, 15) is 16.8 Å². The van der Waals surface area contributed by atoms with Crippen molar-refractivity contribution in [2.45, 2.75) is 16.7 Å². The van der Waals surface area contributed by atoms with Gasteiger partial charge in [0.15, 0.2) is 0 Å². The molecule has 0 aliphatic rings. The first kappa shape index (κ1) is 19.2. The van der Waals surface area contributed by atoms with Gasteiger partial charge in [0, 0.05) is 0 Å². The summed E-state index contributed by atoms with van der Waals surface area (Å²) < 4.78 is 54.1. The summed E-state index contributed by atoms with van der Waals surface area (Å²) in [6.45, 7) is 1.76. The molecule has 0 saturated carbocycles. The van der Waals surface area contributed by atoms with Gasteiger partial charge in [0.25, 0.3) is 20.0 Å². The molecular weight excluding hydrogens is 410 g/mol. The normalized spacial score (nSPS) is 12.2. The second kappa shape index (κ2) is 7.02. The molecule has 0 atom stereocenters. The maximum absolute atomic E-state index is 13.4. The van der Waals surface area contributed by atoms with Crippen molar-refractivity contribution in [1.82, 2.24) is 9.97 Å². The van der Waals surface area contributed by atoms with E-state index in [4.69, 9.17) is 0 Å². The number of nitrogens with one attached hydrogen (secondary N) is 1. The molecule has 0 aliphatic heterocycles. The third-order valence-corrected chi connectivity index (χ3v) is 8.52. The van der Waals surface area contributed by atoms with Crippen LogP contribution in [-0.2, 0) is 20.0 Å². The Kier molecular flexibility index (Phi) is 4.64. The number of sulfonamides is 2. The van der Waals surface area contributed by atoms with Crippen molar-refractivity contribution in [3.63, 3.8) is 0 Å². The van der Waals surface area contributed by atoms with Crippen LogP contribution < -0.4 is 3.71 Å². The average Bonchev–Trinajstić information content (AvgIpc) is 3.08. The number of aromatic amines is 1. The molecule has 0 unspecified atom stereocenters. The molecule has 9 heteroatoms. The van der Waals surface area contributed by atoms with Gasteiger partial charge in [-0.1, -0.05) is 36.4 Å². The minimum Gasteiger partial charge on any atom is -0.342 e. The zero-order valence-electron chi connectivity index (χ0n) is 15.3. The van der Waals surface area contributed by atoms with Crippen LogP contribution in [-0.4, -0.2) is 26.8 Å². The number of aromatic nitrogens is 2. The van der Waals surface area contributed by atoms with Crippen molar-refractivity contribution in [3.8, 4) is 0 Å². The topological polar surface area (TPSA) is 100 Å². The molecule has 1 aromatic heterocycles. The maximum Gasteiger partial charge on any atom is 0.277 e. The molecule has 148 valence electrons. The van der Waals surface area contributed by atoms with E-state index in [1.165, 1.54) is 36.4 Å². The molecule has 0 fully saturated rings. The van der Waals surface area contributed by atoms with E-state index in [2.05, 4.69) is 9.97 Å². The van der Waals surface area contributed by atoms with Crippen molar-refractivity contribution >= 4 is 36.8 Å². The summed E-state index contributed by atoms with van der Waals surface area (Å²) >= 11 is 0. The molecule has 0 spiro atoms. The second-order valence-electron chi connectivity index (χ2n) is 6.36. The summed E-state index contributed by atoms with van der Waals surface area (Å²) in [7, 11) is -8.82. The minimum atomic E-state index is -4.41. The first-order chi connectivity index (χ1) is 13.8. The van der Waals surface area contributed by atoms with Gasteiger partial charge < -0.3 is 4.98 Å². The van der Waals surface area contributed by atoms with E-state index in [1.807, 2.05) is 0 Å². The molecule has 29 heavy (non-hydrogen) atoms. The Morgan fingerprint density at radius 2 is 1.28 bits per heavy atom. The molecule has 0 amide bonds. The first-order valence-corrected chi connectivity index (χ1v) is 11.6. The van der Waals surface area contributed by atoms with E-state index in [-0.39, 0.29) is 15.5 Å². The maximum atomic E-state index is 13.4. The first-order valence-electron chi connectivity index (χ1n) is 8.67. The Balaban J connectivity index is 1.99. The Morgan fingerprint density at radius 1 is 0.759 bits per heavy atom. The standard InChI is InChI=1S/C20H17N3O4S2/c1-15-21-19-13-12-16(14-20(19)22-15)23(28(24,25)17-8-4-2-5-9-17)29(26,27)18-10-6-3-7-11-18/h2-14H,1H3,(H,21,22). The van der Waals surface area contributed by atoms with Crippen molar-refractivity contribution in [1.29, 1.82) is 0 Å². The number of hydrogen-bond donors (Lipinski definition) is 1. The van der Waals surface area contributed by atoms with Gasteiger partial charge in [0.05, 0.1) is 26.5 Å². The molecule has 1 N–H and O–H groups in total. The molecule has 4 aromatic rings. The molecule has 4 rings (SSSR count). The van der Waals surface area contributed by atoms with Gasteiger partial charge in [-0.3, -0.25) is 0 Å². The van der Waals surface area contributed by atoms with Crippen molar-refractivity contribution in [2.24, 2.45) is 0 Å². The number of hydrogen-bond acceptors (Lipinski definition) is 5. The SMILES string of the molecule is Cc1nc2ccc(N(S(=O)(=O)c3ccccc3)S(=O)(=O)c3ccccc3)cc2[nH]1. The number of nitrogens with zero attached hydrogens (tertiary/aromatic N) is 2. The lowest BCUT2D eigenvalue weighted by Gasteiger charge is -2.24. The molecule has 7 nitrogen and oxygen atoms in total. The van der Waals surface area contributed by atoms with Crippen LogP contribution in [0.15, 0.2) is 88.7 Å². The van der Waals surface area contributed by atoms with Crippen LogP contribution in [0.2, 0.25) is 0 Å². The van der Waals surface area contributed by atoms with Gasteiger partial charge in [0.1, 0.15) is 5.82 Å². The number of anilines is 1. The van der Waals surface area contributed by atoms with Gasteiger partial charge >= 0.3 is 0 Å². The third kappa shape index (κ3) is 3.39. The van der Waals surface area contributed by atoms with E-state index in [0.717, 1.165) is 0 Å². The highest BCUT2D eigenvalue weighted by Crippen LogP contribution is 2.32. The van der Waals surface area contributed by atoms with Gasteiger partial charge in [-0.25, -0.2) is 21.8 Å². The van der Waals surface area contributed by atoms with Crippen LogP contribution in [0, 0.1) is 6.92 Å². The largest absolute Gasteiger partial charge is 0.342 e. The fraction of sp³-hybridized carbons (Fsp3) is 0.0500. The fourth-order valence-electron chi connectivity index (χ4n) is 3.02. The van der Waals surface area contributed by atoms with Gasteiger partial charge in [0.2, 0.25) is 0 Å². The smallest absolute Gasteiger partial charge is 0.277 e. The van der Waals surface area contributed by atoms with E-state index < -0.39 is 20.0 Å². The molecule has 0 aliphatic carbocycles. The van der Waals surface area contributed by atoms with Gasteiger partial charge in [-0.05, 0) is 49.4 Å². The van der Waals surface area contributed by atoms with Crippen molar-refractivity contribution < 1.29 is 16.8 Å². The Hall–Kier alpha value is -3.17. The van der Waals surface area contributed by atoms with E-state index >= 15 is 0 Å². The highest BCUT2D eigenvalue weighted by atomic mass is 32.3. The zero-order valence-corrected chi connectivity index (χ0v) is 17.0. The van der Waals surface area contributed by atoms with Gasteiger partial charge in [-0.2, -0.15) is 3.71 Å². The summed E-state index contributed by atoms with van der Waals surface area (Å²) in [6, 6.07) is 19.4. The summed E-state index contributed by atoms with van der Waals surface area (Å²) in [5.41, 5.74) is 1.14. The van der Waals surface area contributed by atoms with Crippen LogP contribution >= 0.6 is 0 Å². The molecule has 0 saturated heterocycles. The van der Waals surface area contributed by atoms with Crippen LogP contribution in [0.5, 0.6) is 0 Å². The second-order valence-corrected chi connectivity index (χ2v) is 10.2. The number of H-pyrrole nitrogens is 1. The van der Waals surface area contributed by atoms with Crippen LogP contribution in [0.1, 0.15) is 5.82 Å². The quantitative estimate of drug-likeness (QED) is 0.526. The van der Waals surface area contributed by atoms with Crippen molar-refractivity contribution in [3.05, 3.63) is 84.7 Å². The lowest BCUT2D eigenvalue weighted by Crippen LogP contribution is -2.37. The number of rotatable bonds is 5. The highest BCUT2D eigenvalue weighted by Gasteiger charge is 2.37. The minimum absolute atomic E-state index is 0.00569. The van der Waals surface area contributed by atoms with Crippen LogP contribution in [0.25, 0.3) is 11.0 Å². The van der Waals surface area contributed by atoms with Crippen LogP contribution in [0.4, 0.5) is 5.69 Å². The lowest BCUT2D eigenvalue weighted by molar-refractivity contribution is 0.584. The summed E-state index contributed by atoms with van der Waals surface area (Å²) in [6.07, 6.45) is 0. The molecule has 0 radical (unpaired) electrons. The van der Waals surface area contributed by atoms with Gasteiger partial charge in [-0.15, -0.1) is 0 Å². The van der Waals surface area contributed by atoms with E-state index in [0.29, 0.717) is 20.6 Å². The Bertz CT molecular complexity index is 1310. The predicted octanol–water partition coefficient (Wildman–Crippen LogP) is 3.46. The third-order valence-electron chi connectivity index (χ3n) is 4.31. The summed E-state index contributed by atoms with van der Waals surface area (Å²) in [5, 5.41) is 0. The fourth-order valence-corrected chi connectivity index (χ4v) is 6.74. The predicted molar refractivity (Wildman–Crippen MR) is 111 cm³/mol. The van der Waals surface area contributed by atoms with E-state index in [1.54, 1.807) is 49.4 Å². The van der Waals surface area contributed by atoms with Crippen LogP contribution in [0.3, 0.4) is 0 Å². The summed E-state index contributed by atoms with van der Waals surface area (Å²) in [5.74, 6) is 0.639. The van der Waals surface area contributed by atoms with Crippen molar-refractivity contribution in [2.75, 3.05) is 3.71 Å². The molecule has 0 bridgehead atoms. The number of fused-ring (bicyclic) bond motifs is 1. The monoisotopic (exact) mass is 427 g/mol. The summed E-state index contributed by atoms with van der Waals surface area (Å²) in [4.78, 5) is 7.04.